The lowest BCUT2D eigenvalue weighted by molar-refractivity contribution is -0.118. The first-order valence-corrected chi connectivity index (χ1v) is 5.68. The van der Waals surface area contributed by atoms with E-state index in [9.17, 15) is 4.79 Å². The molecule has 0 radical (unpaired) electrons. The summed E-state index contributed by atoms with van der Waals surface area (Å²) in [5, 5.41) is 13.5. The molecular formula is C11H16N4O. The molecule has 5 heteroatoms. The van der Waals surface area contributed by atoms with Crippen molar-refractivity contribution in [3.8, 4) is 0 Å². The van der Waals surface area contributed by atoms with Gasteiger partial charge in [0.15, 0.2) is 5.82 Å². The molecule has 0 spiro atoms. The number of hydrogen-bond acceptors (Lipinski definition) is 4. The zero-order valence-electron chi connectivity index (χ0n) is 9.15. The lowest BCUT2D eigenvalue weighted by Crippen LogP contribution is -2.40. The molecule has 2 rings (SSSR count). The van der Waals surface area contributed by atoms with Crippen LogP contribution in [0.3, 0.4) is 0 Å². The number of nitrogens with one attached hydrogen (secondary N) is 2. The second-order valence-electron chi connectivity index (χ2n) is 3.95. The maximum Gasteiger partial charge on any atom is 0.242 e. The Balaban J connectivity index is 1.92. The summed E-state index contributed by atoms with van der Waals surface area (Å²) in [6, 6.07) is 3.40. The molecule has 2 heterocycles. The van der Waals surface area contributed by atoms with Gasteiger partial charge in [-0.25, -0.2) is 0 Å². The third-order valence-corrected chi connectivity index (χ3v) is 2.70. The van der Waals surface area contributed by atoms with Gasteiger partial charge in [-0.3, -0.25) is 4.79 Å². The summed E-state index contributed by atoms with van der Waals surface area (Å²) >= 11 is 0. The van der Waals surface area contributed by atoms with E-state index in [0.29, 0.717) is 5.82 Å². The van der Waals surface area contributed by atoms with Crippen LogP contribution in [0, 0.1) is 0 Å². The van der Waals surface area contributed by atoms with Crippen molar-refractivity contribution in [2.75, 3.05) is 11.9 Å². The lowest BCUT2D eigenvalue weighted by Gasteiger charge is -2.14. The first-order valence-electron chi connectivity index (χ1n) is 5.68. The van der Waals surface area contributed by atoms with E-state index < -0.39 is 0 Å². The van der Waals surface area contributed by atoms with Crippen LogP contribution < -0.4 is 10.6 Å². The van der Waals surface area contributed by atoms with Gasteiger partial charge in [-0.2, -0.15) is 5.10 Å². The van der Waals surface area contributed by atoms with Gasteiger partial charge in [-0.1, -0.05) is 12.8 Å². The number of rotatable bonds is 2. The number of carbonyl (C=O) groups is 1. The van der Waals surface area contributed by atoms with Crippen molar-refractivity contribution in [1.29, 1.82) is 0 Å². The van der Waals surface area contributed by atoms with E-state index in [-0.39, 0.29) is 11.9 Å². The van der Waals surface area contributed by atoms with Gasteiger partial charge in [0.25, 0.3) is 0 Å². The third kappa shape index (κ3) is 3.00. The molecule has 1 saturated heterocycles. The van der Waals surface area contributed by atoms with Crippen LogP contribution in [0.1, 0.15) is 25.7 Å². The molecule has 1 aromatic rings. The average Bonchev–Trinajstić information content (AvgIpc) is 2.59. The smallest absolute Gasteiger partial charge is 0.242 e. The minimum atomic E-state index is -0.0930. The fraction of sp³-hybridized carbons (Fsp3) is 0.545. The molecular weight excluding hydrogens is 204 g/mol. The molecule has 1 atom stereocenters. The van der Waals surface area contributed by atoms with E-state index in [0.717, 1.165) is 25.8 Å². The fourth-order valence-electron chi connectivity index (χ4n) is 1.83. The van der Waals surface area contributed by atoms with Gasteiger partial charge in [0.2, 0.25) is 5.91 Å². The summed E-state index contributed by atoms with van der Waals surface area (Å²) < 4.78 is 0. The highest BCUT2D eigenvalue weighted by atomic mass is 16.2. The molecule has 1 amide bonds. The minimum Gasteiger partial charge on any atom is -0.308 e. The summed E-state index contributed by atoms with van der Waals surface area (Å²) in [7, 11) is 0. The predicted octanol–water partition coefficient (Wildman–Crippen LogP) is 0.947. The molecule has 2 N–H and O–H groups in total. The molecule has 86 valence electrons. The molecule has 0 saturated carbocycles. The Hall–Kier alpha value is -1.49. The highest BCUT2D eigenvalue weighted by Crippen LogP contribution is 2.10. The Morgan fingerprint density at radius 1 is 1.44 bits per heavy atom. The molecule has 1 aliphatic heterocycles. The number of amides is 1. The van der Waals surface area contributed by atoms with E-state index >= 15 is 0 Å². The van der Waals surface area contributed by atoms with Crippen LogP contribution in [0.2, 0.25) is 0 Å². The Morgan fingerprint density at radius 3 is 3.19 bits per heavy atom. The molecule has 0 aromatic carbocycles. The van der Waals surface area contributed by atoms with Gasteiger partial charge >= 0.3 is 0 Å². The minimum absolute atomic E-state index is 0.0117. The van der Waals surface area contributed by atoms with Crippen LogP contribution in [0.25, 0.3) is 0 Å². The van der Waals surface area contributed by atoms with Gasteiger partial charge in [-0.05, 0) is 31.5 Å². The van der Waals surface area contributed by atoms with Crippen molar-refractivity contribution in [3.05, 3.63) is 18.3 Å². The monoisotopic (exact) mass is 220 g/mol. The van der Waals surface area contributed by atoms with E-state index in [4.69, 9.17) is 0 Å². The van der Waals surface area contributed by atoms with E-state index in [2.05, 4.69) is 20.8 Å². The lowest BCUT2D eigenvalue weighted by atomic mass is 10.1. The molecule has 0 aliphatic carbocycles. The number of nitrogens with zero attached hydrogens (tertiary/aromatic N) is 2. The van der Waals surface area contributed by atoms with E-state index in [1.807, 2.05) is 0 Å². The quantitative estimate of drug-likeness (QED) is 0.778. The summed E-state index contributed by atoms with van der Waals surface area (Å²) in [5.41, 5.74) is 0. The van der Waals surface area contributed by atoms with Crippen molar-refractivity contribution in [3.63, 3.8) is 0 Å². The topological polar surface area (TPSA) is 66.9 Å². The maximum atomic E-state index is 11.9. The Kier molecular flexibility index (Phi) is 3.82. The number of hydrogen-bond donors (Lipinski definition) is 2. The highest BCUT2D eigenvalue weighted by molar-refractivity contribution is 5.93. The van der Waals surface area contributed by atoms with Crippen molar-refractivity contribution in [2.45, 2.75) is 31.7 Å². The van der Waals surface area contributed by atoms with Crippen molar-refractivity contribution in [2.24, 2.45) is 0 Å². The Labute approximate surface area is 94.6 Å². The maximum absolute atomic E-state index is 11.9. The zero-order chi connectivity index (χ0) is 11.2. The van der Waals surface area contributed by atoms with Crippen molar-refractivity contribution in [1.82, 2.24) is 15.5 Å². The normalized spacial score (nSPS) is 21.1. The van der Waals surface area contributed by atoms with Gasteiger partial charge in [0.05, 0.1) is 6.04 Å². The molecule has 1 unspecified atom stereocenters. The van der Waals surface area contributed by atoms with Crippen LogP contribution in [-0.4, -0.2) is 28.7 Å². The first kappa shape index (κ1) is 11.0. The first-order chi connectivity index (χ1) is 7.86. The Morgan fingerprint density at radius 2 is 2.38 bits per heavy atom. The van der Waals surface area contributed by atoms with Crippen LogP contribution in [0.15, 0.2) is 18.3 Å². The average molecular weight is 220 g/mol. The molecule has 1 aliphatic rings. The summed E-state index contributed by atoms with van der Waals surface area (Å²) in [4.78, 5) is 11.9. The van der Waals surface area contributed by atoms with Crippen LogP contribution >= 0.6 is 0 Å². The largest absolute Gasteiger partial charge is 0.308 e. The van der Waals surface area contributed by atoms with Gasteiger partial charge in [0.1, 0.15) is 0 Å². The van der Waals surface area contributed by atoms with Crippen LogP contribution in [0.5, 0.6) is 0 Å². The SMILES string of the molecule is O=C(Nc1cccnn1)C1CCCCCN1. The molecule has 0 bridgehead atoms. The predicted molar refractivity (Wildman–Crippen MR) is 60.9 cm³/mol. The van der Waals surface area contributed by atoms with E-state index in [1.165, 1.54) is 6.42 Å². The fourth-order valence-corrected chi connectivity index (χ4v) is 1.83. The highest BCUT2D eigenvalue weighted by Gasteiger charge is 2.19. The number of anilines is 1. The van der Waals surface area contributed by atoms with Gasteiger partial charge in [0, 0.05) is 6.20 Å². The van der Waals surface area contributed by atoms with E-state index in [1.54, 1.807) is 18.3 Å². The third-order valence-electron chi connectivity index (χ3n) is 2.70. The summed E-state index contributed by atoms with van der Waals surface area (Å²) in [5.74, 6) is 0.501. The standard InChI is InChI=1S/C11H16N4O/c16-11(9-5-2-1-3-7-12-9)14-10-6-4-8-13-15-10/h4,6,8-9,12H,1-3,5,7H2,(H,14,15,16). The summed E-state index contributed by atoms with van der Waals surface area (Å²) in [6.07, 6.45) is 5.92. The zero-order valence-corrected chi connectivity index (χ0v) is 9.15. The van der Waals surface area contributed by atoms with Crippen LogP contribution in [-0.2, 0) is 4.79 Å². The Bertz CT molecular complexity index is 333. The van der Waals surface area contributed by atoms with Crippen molar-refractivity contribution >= 4 is 11.7 Å². The van der Waals surface area contributed by atoms with Gasteiger partial charge in [-0.15, -0.1) is 5.10 Å². The van der Waals surface area contributed by atoms with Crippen molar-refractivity contribution < 1.29 is 4.79 Å². The second kappa shape index (κ2) is 5.55. The molecule has 1 aromatic heterocycles. The molecule has 5 nitrogen and oxygen atoms in total. The number of carbonyl (C=O) groups excluding carboxylic acids is 1. The molecule has 1 fully saturated rings. The summed E-state index contributed by atoms with van der Waals surface area (Å²) in [6.45, 7) is 0.915. The van der Waals surface area contributed by atoms with Gasteiger partial charge < -0.3 is 10.6 Å². The number of aromatic nitrogens is 2. The van der Waals surface area contributed by atoms with Crippen LogP contribution in [0.4, 0.5) is 5.82 Å². The molecule has 16 heavy (non-hydrogen) atoms. The second-order valence-corrected chi connectivity index (χ2v) is 3.95.